The molecule has 1 N–H and O–H groups in total. The molecular formula is C20H21ClN2O5S. The quantitative estimate of drug-likeness (QED) is 0.751. The van der Waals surface area contributed by atoms with Crippen molar-refractivity contribution in [3.05, 3.63) is 58.6 Å². The maximum Gasteiger partial charge on any atom is 0.252 e. The summed E-state index contributed by atoms with van der Waals surface area (Å²) in [5, 5.41) is 2.86. The molecule has 9 heteroatoms. The molecule has 1 aliphatic rings. The summed E-state index contributed by atoms with van der Waals surface area (Å²) in [5.74, 6) is -0.967. The summed E-state index contributed by atoms with van der Waals surface area (Å²) in [7, 11) is -2.13. The largest absolute Gasteiger partial charge is 0.497 e. The third-order valence-electron chi connectivity index (χ3n) is 4.65. The highest BCUT2D eigenvalue weighted by Crippen LogP contribution is 2.31. The van der Waals surface area contributed by atoms with Crippen LogP contribution in [0.1, 0.15) is 22.8 Å². The molecule has 3 rings (SSSR count). The topological polar surface area (TPSA) is 92.8 Å². The molecule has 1 atom stereocenters. The minimum atomic E-state index is -3.72. The van der Waals surface area contributed by atoms with Crippen LogP contribution in [0.5, 0.6) is 5.75 Å². The number of rotatable bonds is 6. The lowest BCUT2D eigenvalue weighted by atomic mass is 10.1. The lowest BCUT2D eigenvalue weighted by Crippen LogP contribution is -2.30. The van der Waals surface area contributed by atoms with E-state index in [1.807, 2.05) is 24.3 Å². The first-order valence-electron chi connectivity index (χ1n) is 9.00. The molecule has 1 heterocycles. The maximum absolute atomic E-state index is 12.4. The second kappa shape index (κ2) is 8.42. The highest BCUT2D eigenvalue weighted by Gasteiger charge is 2.42. The Morgan fingerprint density at radius 3 is 2.48 bits per heavy atom. The van der Waals surface area contributed by atoms with Crippen molar-refractivity contribution in [1.29, 1.82) is 0 Å². The Balaban J connectivity index is 1.66. The molecule has 0 aliphatic carbocycles. The van der Waals surface area contributed by atoms with Gasteiger partial charge in [0.1, 0.15) is 5.75 Å². The van der Waals surface area contributed by atoms with Gasteiger partial charge in [0.25, 0.3) is 5.91 Å². The van der Waals surface area contributed by atoms with Crippen molar-refractivity contribution in [1.82, 2.24) is 5.32 Å². The van der Waals surface area contributed by atoms with Gasteiger partial charge in [-0.2, -0.15) is 0 Å². The third-order valence-corrected chi connectivity index (χ3v) is 6.83. The van der Waals surface area contributed by atoms with Crippen LogP contribution < -0.4 is 14.4 Å². The van der Waals surface area contributed by atoms with Gasteiger partial charge in [0.05, 0.1) is 35.1 Å². The van der Waals surface area contributed by atoms with Gasteiger partial charge in [-0.3, -0.25) is 9.59 Å². The summed E-state index contributed by atoms with van der Waals surface area (Å²) in [6.07, 6.45) is 0.629. The summed E-state index contributed by atoms with van der Waals surface area (Å²) in [6.45, 7) is 1.96. The lowest BCUT2D eigenvalue weighted by molar-refractivity contribution is -0.119. The summed E-state index contributed by atoms with van der Waals surface area (Å²) >= 11 is 6.20. The van der Waals surface area contributed by atoms with E-state index >= 15 is 0 Å². The molecule has 29 heavy (non-hydrogen) atoms. The Morgan fingerprint density at radius 2 is 1.93 bits per heavy atom. The fraction of sp³-hybridized carbons (Fsp3) is 0.300. The van der Waals surface area contributed by atoms with Gasteiger partial charge in [0.2, 0.25) is 15.9 Å². The highest BCUT2D eigenvalue weighted by molar-refractivity contribution is 7.94. The molecule has 2 aromatic carbocycles. The minimum Gasteiger partial charge on any atom is -0.497 e. The Morgan fingerprint density at radius 1 is 1.24 bits per heavy atom. The van der Waals surface area contributed by atoms with Crippen LogP contribution in [-0.4, -0.2) is 39.6 Å². The summed E-state index contributed by atoms with van der Waals surface area (Å²) < 4.78 is 30.3. The molecule has 0 spiro atoms. The first kappa shape index (κ1) is 21.1. The predicted molar refractivity (Wildman–Crippen MR) is 111 cm³/mol. The number of ether oxygens (including phenoxy) is 1. The fourth-order valence-corrected chi connectivity index (χ4v) is 5.18. The van der Waals surface area contributed by atoms with Crippen molar-refractivity contribution in [3.63, 3.8) is 0 Å². The number of anilines is 1. The molecule has 2 amide bonds. The van der Waals surface area contributed by atoms with Crippen LogP contribution in [-0.2, 0) is 21.2 Å². The minimum absolute atomic E-state index is 0.0759. The zero-order valence-electron chi connectivity index (χ0n) is 16.0. The van der Waals surface area contributed by atoms with Crippen LogP contribution in [0.25, 0.3) is 0 Å². The Hall–Kier alpha value is -2.58. The molecule has 0 unspecified atom stereocenters. The molecule has 154 valence electrons. The molecule has 0 bridgehead atoms. The van der Waals surface area contributed by atoms with Crippen molar-refractivity contribution in [2.24, 2.45) is 5.92 Å². The van der Waals surface area contributed by atoms with Crippen molar-refractivity contribution >= 4 is 39.1 Å². The Kier molecular flexibility index (Phi) is 6.14. The molecule has 7 nitrogen and oxygen atoms in total. The average Bonchev–Trinajstić information content (AvgIpc) is 2.88. The normalized spacial score (nSPS) is 18.0. The van der Waals surface area contributed by atoms with Gasteiger partial charge in [-0.1, -0.05) is 30.7 Å². The van der Waals surface area contributed by atoms with Crippen molar-refractivity contribution in [2.75, 3.05) is 23.7 Å². The molecule has 1 saturated heterocycles. The van der Waals surface area contributed by atoms with Gasteiger partial charge in [0.15, 0.2) is 0 Å². The number of methoxy groups -OCH3 is 1. The predicted octanol–water partition coefficient (Wildman–Crippen LogP) is 2.63. The Labute approximate surface area is 174 Å². The van der Waals surface area contributed by atoms with E-state index in [0.29, 0.717) is 13.0 Å². The first-order valence-corrected chi connectivity index (χ1v) is 11.0. The van der Waals surface area contributed by atoms with Gasteiger partial charge in [-0.25, -0.2) is 12.7 Å². The second-order valence-electron chi connectivity index (χ2n) is 6.80. The van der Waals surface area contributed by atoms with Crippen LogP contribution in [0.2, 0.25) is 5.02 Å². The SMILES string of the molecule is COc1ccc(CCNC(=O)c2ccc(N3C(=O)[C@@H](C)CS3(=O)=O)cc2Cl)cc1. The van der Waals surface area contributed by atoms with E-state index in [1.165, 1.54) is 18.2 Å². The van der Waals surface area contributed by atoms with Crippen LogP contribution in [0.3, 0.4) is 0 Å². The second-order valence-corrected chi connectivity index (χ2v) is 9.07. The molecule has 2 aromatic rings. The molecule has 0 saturated carbocycles. The number of carbonyl (C=O) groups is 2. The Bertz CT molecular complexity index is 1040. The fourth-order valence-electron chi connectivity index (χ4n) is 3.11. The van der Waals surface area contributed by atoms with E-state index in [4.69, 9.17) is 16.3 Å². The number of benzene rings is 2. The number of hydrogen-bond donors (Lipinski definition) is 1. The number of carbonyl (C=O) groups excluding carboxylic acids is 2. The van der Waals surface area contributed by atoms with Crippen LogP contribution in [0, 0.1) is 5.92 Å². The van der Waals surface area contributed by atoms with Gasteiger partial charge < -0.3 is 10.1 Å². The van der Waals surface area contributed by atoms with E-state index < -0.39 is 21.8 Å². The van der Waals surface area contributed by atoms with Crippen molar-refractivity contribution < 1.29 is 22.7 Å². The number of sulfonamides is 1. The highest BCUT2D eigenvalue weighted by atomic mass is 35.5. The zero-order valence-corrected chi connectivity index (χ0v) is 17.6. The van der Waals surface area contributed by atoms with Crippen LogP contribution >= 0.6 is 11.6 Å². The average molecular weight is 437 g/mol. The molecule has 1 fully saturated rings. The summed E-state index contributed by atoms with van der Waals surface area (Å²) in [6, 6.07) is 11.7. The van der Waals surface area contributed by atoms with Crippen LogP contribution in [0.15, 0.2) is 42.5 Å². The monoisotopic (exact) mass is 436 g/mol. The zero-order chi connectivity index (χ0) is 21.2. The van der Waals surface area contributed by atoms with Crippen LogP contribution in [0.4, 0.5) is 5.69 Å². The molecule has 1 aliphatic heterocycles. The van der Waals surface area contributed by atoms with Crippen molar-refractivity contribution in [3.8, 4) is 5.75 Å². The van der Waals surface area contributed by atoms with Gasteiger partial charge in [0, 0.05) is 6.54 Å². The molecule has 0 aromatic heterocycles. The van der Waals surface area contributed by atoms with Gasteiger partial charge >= 0.3 is 0 Å². The number of amides is 2. The van der Waals surface area contributed by atoms with E-state index in [1.54, 1.807) is 14.0 Å². The van der Waals surface area contributed by atoms with E-state index in [-0.39, 0.29) is 27.9 Å². The number of halogens is 1. The maximum atomic E-state index is 12.4. The standard InChI is InChI=1S/C20H21ClN2O5S/c1-13-12-29(26,27)23(20(13)25)15-5-8-17(18(21)11-15)19(24)22-10-9-14-3-6-16(28-2)7-4-14/h3-8,11,13H,9-10,12H2,1-2H3,(H,22,24)/t13-/m0/s1. The van der Waals surface area contributed by atoms with E-state index in [2.05, 4.69) is 5.32 Å². The first-order chi connectivity index (χ1) is 13.7. The number of nitrogens with one attached hydrogen (secondary N) is 1. The van der Waals surface area contributed by atoms with Gasteiger partial charge in [-0.05, 0) is 42.3 Å². The van der Waals surface area contributed by atoms with Gasteiger partial charge in [-0.15, -0.1) is 0 Å². The molecule has 0 radical (unpaired) electrons. The smallest absolute Gasteiger partial charge is 0.252 e. The van der Waals surface area contributed by atoms with E-state index in [9.17, 15) is 18.0 Å². The lowest BCUT2D eigenvalue weighted by Gasteiger charge is -2.16. The summed E-state index contributed by atoms with van der Waals surface area (Å²) in [4.78, 5) is 24.6. The number of nitrogens with zero attached hydrogens (tertiary/aromatic N) is 1. The third kappa shape index (κ3) is 4.54. The molecular weight excluding hydrogens is 416 g/mol. The van der Waals surface area contributed by atoms with Crippen molar-refractivity contribution in [2.45, 2.75) is 13.3 Å². The number of hydrogen-bond acceptors (Lipinski definition) is 5. The van der Waals surface area contributed by atoms with E-state index in [0.717, 1.165) is 15.6 Å². The summed E-state index contributed by atoms with van der Waals surface area (Å²) in [5.41, 5.74) is 1.39.